The van der Waals surface area contributed by atoms with E-state index in [0.29, 0.717) is 22.8 Å². The number of nitrogens with two attached hydrogens (primary N) is 2. The van der Waals surface area contributed by atoms with Crippen molar-refractivity contribution in [1.29, 1.82) is 0 Å². The van der Waals surface area contributed by atoms with E-state index in [1.54, 1.807) is 19.2 Å². The molecule has 0 fully saturated rings. The van der Waals surface area contributed by atoms with E-state index in [2.05, 4.69) is 16.3 Å². The van der Waals surface area contributed by atoms with E-state index >= 15 is 0 Å². The van der Waals surface area contributed by atoms with Gasteiger partial charge in [-0.15, -0.1) is 0 Å². The highest BCUT2D eigenvalue weighted by atomic mass is 16.5. The minimum atomic E-state index is 0.0259. The average molecular weight is 260 g/mol. The van der Waals surface area contributed by atoms with Crippen molar-refractivity contribution in [2.45, 2.75) is 12.5 Å². The molecule has 0 aromatic heterocycles. The second-order valence-corrected chi connectivity index (χ2v) is 4.37. The van der Waals surface area contributed by atoms with Crippen molar-refractivity contribution >= 4 is 23.3 Å². The third-order valence-corrected chi connectivity index (χ3v) is 2.82. The first-order chi connectivity index (χ1) is 9.10. The second kappa shape index (κ2) is 5.51. The van der Waals surface area contributed by atoms with E-state index in [4.69, 9.17) is 16.2 Å². The molecule has 1 aromatic carbocycles. The molecule has 0 radical (unpaired) electrons. The SMILES string of the molecule is COc1cc(N=NC2C=[N+](C)C=CC2)c(N)cc1N. The third-order valence-electron chi connectivity index (χ3n) is 2.82. The maximum absolute atomic E-state index is 5.86. The molecule has 6 heteroatoms. The van der Waals surface area contributed by atoms with Crippen LogP contribution in [0.3, 0.4) is 0 Å². The van der Waals surface area contributed by atoms with Crippen molar-refractivity contribution in [3.63, 3.8) is 0 Å². The molecule has 0 saturated heterocycles. The number of ether oxygens (including phenoxy) is 1. The minimum Gasteiger partial charge on any atom is -0.495 e. The van der Waals surface area contributed by atoms with Gasteiger partial charge in [-0.3, -0.25) is 0 Å². The largest absolute Gasteiger partial charge is 0.495 e. The highest BCUT2D eigenvalue weighted by Crippen LogP contribution is 2.33. The predicted octanol–water partition coefficient (Wildman–Crippen LogP) is 1.94. The van der Waals surface area contributed by atoms with E-state index in [1.165, 1.54) is 0 Å². The first-order valence-corrected chi connectivity index (χ1v) is 5.97. The molecule has 2 rings (SSSR count). The van der Waals surface area contributed by atoms with Gasteiger partial charge in [-0.05, 0) is 12.1 Å². The van der Waals surface area contributed by atoms with Crippen molar-refractivity contribution in [3.8, 4) is 5.75 Å². The summed E-state index contributed by atoms with van der Waals surface area (Å²) in [6.07, 6.45) is 6.87. The van der Waals surface area contributed by atoms with Crippen LogP contribution < -0.4 is 16.2 Å². The molecule has 1 aliphatic rings. The van der Waals surface area contributed by atoms with Gasteiger partial charge in [0.2, 0.25) is 0 Å². The lowest BCUT2D eigenvalue weighted by atomic mass is 10.2. The van der Waals surface area contributed by atoms with Crippen molar-refractivity contribution in [1.82, 2.24) is 0 Å². The lowest BCUT2D eigenvalue weighted by molar-refractivity contribution is -0.420. The molecular formula is C13H18N5O+. The van der Waals surface area contributed by atoms with Gasteiger partial charge >= 0.3 is 0 Å². The molecule has 1 unspecified atom stereocenters. The molecule has 0 amide bonds. The van der Waals surface area contributed by atoms with Gasteiger partial charge < -0.3 is 16.2 Å². The van der Waals surface area contributed by atoms with Gasteiger partial charge in [0.05, 0.1) is 18.5 Å². The maximum Gasteiger partial charge on any atom is 0.171 e. The van der Waals surface area contributed by atoms with Crippen LogP contribution in [-0.4, -0.2) is 31.0 Å². The number of nitrogens with zero attached hydrogens (tertiary/aromatic N) is 3. The van der Waals surface area contributed by atoms with Crippen LogP contribution in [0.4, 0.5) is 17.1 Å². The molecular weight excluding hydrogens is 242 g/mol. The molecule has 1 heterocycles. The van der Waals surface area contributed by atoms with Gasteiger partial charge in [0.25, 0.3) is 0 Å². The first kappa shape index (κ1) is 13.1. The van der Waals surface area contributed by atoms with Crippen molar-refractivity contribution in [2.75, 3.05) is 25.6 Å². The molecule has 6 nitrogen and oxygen atoms in total. The number of hydrogen-bond donors (Lipinski definition) is 2. The molecule has 19 heavy (non-hydrogen) atoms. The van der Waals surface area contributed by atoms with E-state index in [9.17, 15) is 0 Å². The van der Waals surface area contributed by atoms with Crippen LogP contribution in [-0.2, 0) is 0 Å². The lowest BCUT2D eigenvalue weighted by Gasteiger charge is -2.08. The third kappa shape index (κ3) is 3.09. The molecule has 100 valence electrons. The van der Waals surface area contributed by atoms with Gasteiger partial charge in [-0.25, -0.2) is 4.58 Å². The van der Waals surface area contributed by atoms with E-state index in [0.717, 1.165) is 6.42 Å². The molecule has 0 aliphatic carbocycles. The van der Waals surface area contributed by atoms with Gasteiger partial charge in [0, 0.05) is 12.5 Å². The number of nitrogen functional groups attached to an aromatic ring is 2. The van der Waals surface area contributed by atoms with E-state index in [1.807, 2.05) is 24.0 Å². The summed E-state index contributed by atoms with van der Waals surface area (Å²) >= 11 is 0. The number of rotatable bonds is 3. The van der Waals surface area contributed by atoms with Crippen molar-refractivity contribution < 1.29 is 9.31 Å². The van der Waals surface area contributed by atoms with Crippen LogP contribution in [0.25, 0.3) is 0 Å². The summed E-state index contributed by atoms with van der Waals surface area (Å²) in [5.41, 5.74) is 13.2. The van der Waals surface area contributed by atoms with Crippen LogP contribution in [0.1, 0.15) is 6.42 Å². The molecule has 0 saturated carbocycles. The van der Waals surface area contributed by atoms with Gasteiger partial charge in [0.1, 0.15) is 18.5 Å². The summed E-state index contributed by atoms with van der Waals surface area (Å²) in [6, 6.07) is 3.35. The molecule has 0 bridgehead atoms. The van der Waals surface area contributed by atoms with Crippen molar-refractivity contribution in [3.05, 3.63) is 24.4 Å². The zero-order valence-electron chi connectivity index (χ0n) is 11.1. The second-order valence-electron chi connectivity index (χ2n) is 4.37. The van der Waals surface area contributed by atoms with Gasteiger partial charge in [-0.1, -0.05) is 0 Å². The highest BCUT2D eigenvalue weighted by Gasteiger charge is 2.12. The fourth-order valence-electron chi connectivity index (χ4n) is 1.83. The fourth-order valence-corrected chi connectivity index (χ4v) is 1.83. The summed E-state index contributed by atoms with van der Waals surface area (Å²) < 4.78 is 7.10. The molecule has 4 N–H and O–H groups in total. The number of benzene rings is 1. The number of hydrogen-bond acceptors (Lipinski definition) is 5. The smallest absolute Gasteiger partial charge is 0.171 e. The Kier molecular flexibility index (Phi) is 3.79. The summed E-state index contributed by atoms with van der Waals surface area (Å²) in [5, 5.41) is 8.46. The predicted molar refractivity (Wildman–Crippen MR) is 76.1 cm³/mol. The van der Waals surface area contributed by atoms with Crippen LogP contribution >= 0.6 is 0 Å². The Hall–Kier alpha value is -2.37. The Bertz CT molecular complexity index is 562. The van der Waals surface area contributed by atoms with E-state index in [-0.39, 0.29) is 6.04 Å². The topological polar surface area (TPSA) is 89.0 Å². The Morgan fingerprint density at radius 2 is 2.11 bits per heavy atom. The number of anilines is 2. The zero-order chi connectivity index (χ0) is 13.8. The normalized spacial score (nSPS) is 18.6. The Morgan fingerprint density at radius 3 is 2.79 bits per heavy atom. The summed E-state index contributed by atoms with van der Waals surface area (Å²) in [4.78, 5) is 0. The number of azo groups is 1. The van der Waals surface area contributed by atoms with Gasteiger partial charge in [0.15, 0.2) is 18.5 Å². The van der Waals surface area contributed by atoms with Crippen LogP contribution in [0, 0.1) is 0 Å². The molecule has 0 spiro atoms. The summed E-state index contributed by atoms with van der Waals surface area (Å²) in [5.74, 6) is 0.549. The standard InChI is InChI=1S/C13H18N5O/c1-18-5-3-4-9(8-18)16-17-12-7-13(19-2)11(15)6-10(12)14/h3,5-9H,4,14-15H2,1-2H3/q+1. The van der Waals surface area contributed by atoms with Gasteiger partial charge in [-0.2, -0.15) is 10.2 Å². The Balaban J connectivity index is 2.21. The lowest BCUT2D eigenvalue weighted by Crippen LogP contribution is -2.15. The summed E-state index contributed by atoms with van der Waals surface area (Å²) in [7, 11) is 3.51. The van der Waals surface area contributed by atoms with Crippen LogP contribution in [0.15, 0.2) is 34.6 Å². The quantitative estimate of drug-likeness (QED) is 0.494. The average Bonchev–Trinajstić information content (AvgIpc) is 2.38. The van der Waals surface area contributed by atoms with E-state index < -0.39 is 0 Å². The monoisotopic (exact) mass is 260 g/mol. The molecule has 1 aliphatic heterocycles. The first-order valence-electron chi connectivity index (χ1n) is 5.97. The minimum absolute atomic E-state index is 0.0259. The molecule has 1 aromatic rings. The number of methoxy groups -OCH3 is 1. The fraction of sp³-hybridized carbons (Fsp3) is 0.308. The molecule has 1 atom stereocenters. The zero-order valence-corrected chi connectivity index (χ0v) is 11.1. The highest BCUT2D eigenvalue weighted by molar-refractivity contribution is 5.73. The summed E-state index contributed by atoms with van der Waals surface area (Å²) in [6.45, 7) is 0. The Morgan fingerprint density at radius 1 is 1.32 bits per heavy atom. The van der Waals surface area contributed by atoms with Crippen LogP contribution in [0.5, 0.6) is 5.75 Å². The Labute approximate surface area is 112 Å². The van der Waals surface area contributed by atoms with Crippen molar-refractivity contribution in [2.24, 2.45) is 10.2 Å². The maximum atomic E-state index is 5.86. The van der Waals surface area contributed by atoms with Crippen LogP contribution in [0.2, 0.25) is 0 Å².